The van der Waals surface area contributed by atoms with Gasteiger partial charge in [-0.3, -0.25) is 9.80 Å². The van der Waals surface area contributed by atoms with E-state index in [0.29, 0.717) is 37.4 Å². The molecular weight excluding hydrogens is 386 g/mol. The predicted octanol–water partition coefficient (Wildman–Crippen LogP) is 1.51. The predicted molar refractivity (Wildman–Crippen MR) is 113 cm³/mol. The second-order valence-corrected chi connectivity index (χ2v) is 7.73. The van der Waals surface area contributed by atoms with Gasteiger partial charge in [0, 0.05) is 69.7 Å². The van der Waals surface area contributed by atoms with E-state index in [-0.39, 0.29) is 5.75 Å². The minimum absolute atomic E-state index is 0.0629. The van der Waals surface area contributed by atoms with E-state index in [1.807, 2.05) is 18.2 Å². The Labute approximate surface area is 176 Å². The van der Waals surface area contributed by atoms with Crippen LogP contribution in [0.15, 0.2) is 39.7 Å². The molecule has 0 amide bonds. The van der Waals surface area contributed by atoms with Crippen LogP contribution >= 0.6 is 0 Å². The van der Waals surface area contributed by atoms with Crippen molar-refractivity contribution in [1.82, 2.24) is 9.80 Å². The number of hydrogen-bond acceptors (Lipinski definition) is 8. The lowest BCUT2D eigenvalue weighted by Crippen LogP contribution is -2.46. The van der Waals surface area contributed by atoms with Crippen molar-refractivity contribution in [3.8, 4) is 11.5 Å². The fourth-order valence-electron chi connectivity index (χ4n) is 3.99. The van der Waals surface area contributed by atoms with Gasteiger partial charge in [0.25, 0.3) is 0 Å². The zero-order valence-corrected chi connectivity index (χ0v) is 17.4. The first-order valence-corrected chi connectivity index (χ1v) is 10.4. The third-order valence-electron chi connectivity index (χ3n) is 5.81. The number of aromatic hydroxyl groups is 1. The van der Waals surface area contributed by atoms with Crippen LogP contribution in [0.4, 0.5) is 5.69 Å². The van der Waals surface area contributed by atoms with Gasteiger partial charge < -0.3 is 23.9 Å². The van der Waals surface area contributed by atoms with Gasteiger partial charge in [0.05, 0.1) is 25.9 Å². The van der Waals surface area contributed by atoms with E-state index < -0.39 is 5.63 Å². The topological polar surface area (TPSA) is 78.6 Å². The Bertz CT molecular complexity index is 902. The quantitative estimate of drug-likeness (QED) is 0.761. The molecule has 0 bridgehead atoms. The fraction of sp³-hybridized carbons (Fsp3) is 0.500. The standard InChI is InChI=1S/C22H29N3O5/c1-28-19-4-2-3-18(13-19)25-7-5-23(6-8-25)14-17-16-30-22(27)20(21(17)26)15-24-9-11-29-12-10-24/h2-4,13,16,26H,5-12,14-15H2,1H3. The summed E-state index contributed by atoms with van der Waals surface area (Å²) in [6, 6.07) is 8.08. The molecule has 1 N–H and O–H groups in total. The minimum Gasteiger partial charge on any atom is -0.507 e. The van der Waals surface area contributed by atoms with Crippen LogP contribution in [0.3, 0.4) is 0 Å². The van der Waals surface area contributed by atoms with Crippen molar-refractivity contribution in [2.24, 2.45) is 0 Å². The van der Waals surface area contributed by atoms with Crippen molar-refractivity contribution in [3.63, 3.8) is 0 Å². The highest BCUT2D eigenvalue weighted by atomic mass is 16.5. The summed E-state index contributed by atoms with van der Waals surface area (Å²) < 4.78 is 15.9. The lowest BCUT2D eigenvalue weighted by atomic mass is 10.1. The van der Waals surface area contributed by atoms with Gasteiger partial charge in [0.15, 0.2) is 0 Å². The molecule has 2 saturated heterocycles. The van der Waals surface area contributed by atoms with Gasteiger partial charge in [-0.05, 0) is 12.1 Å². The van der Waals surface area contributed by atoms with Crippen LogP contribution in [0.25, 0.3) is 0 Å². The summed E-state index contributed by atoms with van der Waals surface area (Å²) in [4.78, 5) is 18.9. The average Bonchev–Trinajstić information content (AvgIpc) is 2.80. The summed E-state index contributed by atoms with van der Waals surface area (Å²) in [6.07, 6.45) is 1.40. The molecule has 0 saturated carbocycles. The summed E-state index contributed by atoms with van der Waals surface area (Å²) >= 11 is 0. The zero-order valence-electron chi connectivity index (χ0n) is 17.4. The summed E-state index contributed by atoms with van der Waals surface area (Å²) in [7, 11) is 1.68. The molecule has 0 unspecified atom stereocenters. The smallest absolute Gasteiger partial charge is 0.343 e. The second-order valence-electron chi connectivity index (χ2n) is 7.73. The van der Waals surface area contributed by atoms with Gasteiger partial charge >= 0.3 is 5.63 Å². The van der Waals surface area contributed by atoms with Crippen molar-refractivity contribution in [1.29, 1.82) is 0 Å². The van der Waals surface area contributed by atoms with Crippen LogP contribution in [-0.2, 0) is 17.8 Å². The molecule has 4 rings (SSSR count). The molecule has 0 spiro atoms. The molecule has 2 aliphatic rings. The van der Waals surface area contributed by atoms with Gasteiger partial charge in [-0.25, -0.2) is 4.79 Å². The highest BCUT2D eigenvalue weighted by Crippen LogP contribution is 2.25. The summed E-state index contributed by atoms with van der Waals surface area (Å²) in [5, 5.41) is 10.7. The fourth-order valence-corrected chi connectivity index (χ4v) is 3.99. The molecule has 3 heterocycles. The summed E-state index contributed by atoms with van der Waals surface area (Å²) in [5.74, 6) is 0.917. The molecule has 162 valence electrons. The van der Waals surface area contributed by atoms with E-state index in [2.05, 4.69) is 20.8 Å². The molecule has 1 aromatic carbocycles. The largest absolute Gasteiger partial charge is 0.507 e. The zero-order chi connectivity index (χ0) is 20.9. The van der Waals surface area contributed by atoms with Crippen molar-refractivity contribution < 1.29 is 19.0 Å². The third kappa shape index (κ3) is 4.77. The van der Waals surface area contributed by atoms with Crippen molar-refractivity contribution >= 4 is 5.69 Å². The molecule has 0 aliphatic carbocycles. The molecular formula is C22H29N3O5. The summed E-state index contributed by atoms with van der Waals surface area (Å²) in [6.45, 7) is 7.18. The van der Waals surface area contributed by atoms with Crippen molar-refractivity contribution in [2.75, 3.05) is 64.5 Å². The maximum atomic E-state index is 12.2. The van der Waals surface area contributed by atoms with Crippen molar-refractivity contribution in [3.05, 3.63) is 52.1 Å². The number of methoxy groups -OCH3 is 1. The van der Waals surface area contributed by atoms with Crippen molar-refractivity contribution in [2.45, 2.75) is 13.1 Å². The van der Waals surface area contributed by atoms with E-state index in [1.54, 1.807) is 7.11 Å². The molecule has 8 heteroatoms. The molecule has 0 atom stereocenters. The van der Waals surface area contributed by atoms with Crippen LogP contribution < -0.4 is 15.3 Å². The van der Waals surface area contributed by atoms with E-state index >= 15 is 0 Å². The lowest BCUT2D eigenvalue weighted by molar-refractivity contribution is 0.0333. The molecule has 2 aromatic rings. The van der Waals surface area contributed by atoms with Crippen LogP contribution in [0.1, 0.15) is 11.1 Å². The SMILES string of the molecule is COc1cccc(N2CCN(Cc3coc(=O)c(CN4CCOCC4)c3O)CC2)c1. The van der Waals surface area contributed by atoms with E-state index in [4.69, 9.17) is 13.9 Å². The Morgan fingerprint density at radius 1 is 1.03 bits per heavy atom. The molecule has 2 aliphatic heterocycles. The van der Waals surface area contributed by atoms with Gasteiger partial charge in [0.2, 0.25) is 0 Å². The average molecular weight is 415 g/mol. The Balaban J connectivity index is 1.39. The monoisotopic (exact) mass is 415 g/mol. The summed E-state index contributed by atoms with van der Waals surface area (Å²) in [5.41, 5.74) is 1.68. The van der Waals surface area contributed by atoms with Crippen LogP contribution in [-0.4, -0.2) is 74.5 Å². The Hall–Kier alpha value is -2.55. The molecule has 0 radical (unpaired) electrons. The minimum atomic E-state index is -0.467. The molecule has 2 fully saturated rings. The van der Waals surface area contributed by atoms with E-state index in [0.717, 1.165) is 50.7 Å². The number of piperazine rings is 1. The number of hydrogen-bond donors (Lipinski definition) is 1. The number of benzene rings is 1. The van der Waals surface area contributed by atoms with Gasteiger partial charge in [-0.15, -0.1) is 0 Å². The Kier molecular flexibility index (Phi) is 6.56. The van der Waals surface area contributed by atoms with E-state index in [9.17, 15) is 9.90 Å². The number of ether oxygens (including phenoxy) is 2. The number of nitrogens with zero attached hydrogens (tertiary/aromatic N) is 3. The van der Waals surface area contributed by atoms with Crippen LogP contribution in [0.2, 0.25) is 0 Å². The molecule has 30 heavy (non-hydrogen) atoms. The first-order valence-electron chi connectivity index (χ1n) is 10.4. The maximum Gasteiger partial charge on any atom is 0.343 e. The molecule has 1 aromatic heterocycles. The number of morpholine rings is 1. The lowest BCUT2D eigenvalue weighted by Gasteiger charge is -2.36. The Morgan fingerprint density at radius 3 is 2.50 bits per heavy atom. The first-order chi connectivity index (χ1) is 14.6. The second kappa shape index (κ2) is 9.51. The highest BCUT2D eigenvalue weighted by molar-refractivity contribution is 5.51. The van der Waals surface area contributed by atoms with Gasteiger partial charge in [-0.1, -0.05) is 6.07 Å². The van der Waals surface area contributed by atoms with Crippen LogP contribution in [0, 0.1) is 0 Å². The van der Waals surface area contributed by atoms with Gasteiger partial charge in [-0.2, -0.15) is 0 Å². The van der Waals surface area contributed by atoms with E-state index in [1.165, 1.54) is 6.26 Å². The number of rotatable bonds is 6. The third-order valence-corrected chi connectivity index (χ3v) is 5.81. The van der Waals surface area contributed by atoms with Crippen LogP contribution in [0.5, 0.6) is 11.5 Å². The Morgan fingerprint density at radius 2 is 1.77 bits per heavy atom. The maximum absolute atomic E-state index is 12.2. The number of anilines is 1. The normalized spacial score (nSPS) is 18.5. The first kappa shape index (κ1) is 20.7. The molecule has 8 nitrogen and oxygen atoms in total. The van der Waals surface area contributed by atoms with Gasteiger partial charge in [0.1, 0.15) is 17.8 Å². The highest BCUT2D eigenvalue weighted by Gasteiger charge is 2.22.